The van der Waals surface area contributed by atoms with E-state index in [-0.39, 0.29) is 54.8 Å². The van der Waals surface area contributed by atoms with E-state index in [2.05, 4.69) is 20.3 Å². The average molecular weight is 528 g/mol. The third-order valence-electron chi connectivity index (χ3n) is 4.91. The number of aliphatic carboxylic acids is 2. The Morgan fingerprint density at radius 1 is 0.789 bits per heavy atom. The first-order valence-corrected chi connectivity index (χ1v) is 11.0. The van der Waals surface area contributed by atoms with Crippen molar-refractivity contribution in [3.05, 3.63) is 48.2 Å². The fourth-order valence-corrected chi connectivity index (χ4v) is 3.05. The summed E-state index contributed by atoms with van der Waals surface area (Å²) in [5.74, 6) is 0.0356. The zero-order valence-electron chi connectivity index (χ0n) is 20.3. The number of phenols is 2. The van der Waals surface area contributed by atoms with Crippen molar-refractivity contribution in [1.82, 2.24) is 20.3 Å². The second-order valence-corrected chi connectivity index (χ2v) is 7.58. The standard InChI is InChI=1S/C13H14N2O5.C11H10N2O5/c1-18-8-3-4-9(10(7-8)19-2)13-14-11(20-15-13)5-6-12(16)17;14-6-1-2-7(8(15)5-6)11-12-9(18-13-11)3-4-10(16)17/h3-4,7H,5-6H2,1-2H3,(H,16,17);1-2,5,14-15H,3-4H2,(H,16,17). The van der Waals surface area contributed by atoms with Crippen LogP contribution in [0, 0.1) is 0 Å². The predicted octanol–water partition coefficient (Wildman–Crippen LogP) is 2.94. The number of hydrogen-bond donors (Lipinski definition) is 4. The molecule has 0 fully saturated rings. The number of aromatic hydroxyl groups is 2. The van der Waals surface area contributed by atoms with Gasteiger partial charge >= 0.3 is 11.9 Å². The van der Waals surface area contributed by atoms with Crippen molar-refractivity contribution in [1.29, 1.82) is 0 Å². The first kappa shape index (κ1) is 27.4. The summed E-state index contributed by atoms with van der Waals surface area (Å²) in [6.45, 7) is 0. The van der Waals surface area contributed by atoms with E-state index in [4.69, 9.17) is 33.8 Å². The molecule has 0 saturated carbocycles. The molecule has 4 N–H and O–H groups in total. The van der Waals surface area contributed by atoms with E-state index in [9.17, 15) is 14.7 Å². The van der Waals surface area contributed by atoms with Gasteiger partial charge in [0, 0.05) is 25.0 Å². The van der Waals surface area contributed by atoms with Crippen LogP contribution < -0.4 is 9.47 Å². The lowest BCUT2D eigenvalue weighted by Crippen LogP contribution is -1.97. The Morgan fingerprint density at radius 2 is 1.34 bits per heavy atom. The van der Waals surface area contributed by atoms with Crippen molar-refractivity contribution in [2.75, 3.05) is 14.2 Å². The van der Waals surface area contributed by atoms with Crippen LogP contribution >= 0.6 is 0 Å². The van der Waals surface area contributed by atoms with Crippen molar-refractivity contribution in [2.24, 2.45) is 0 Å². The molecule has 38 heavy (non-hydrogen) atoms. The summed E-state index contributed by atoms with van der Waals surface area (Å²) in [6, 6.07) is 9.19. The third-order valence-corrected chi connectivity index (χ3v) is 4.91. The van der Waals surface area contributed by atoms with Gasteiger partial charge in [0.1, 0.15) is 23.0 Å². The lowest BCUT2D eigenvalue weighted by atomic mass is 10.2. The van der Waals surface area contributed by atoms with Gasteiger partial charge in [0.2, 0.25) is 23.4 Å². The van der Waals surface area contributed by atoms with Crippen LogP contribution in [0.3, 0.4) is 0 Å². The van der Waals surface area contributed by atoms with Crippen LogP contribution in [0.4, 0.5) is 0 Å². The summed E-state index contributed by atoms with van der Waals surface area (Å²) < 4.78 is 20.2. The molecule has 14 heteroatoms. The molecule has 0 aliphatic heterocycles. The Kier molecular flexibility index (Phi) is 9.18. The molecule has 0 amide bonds. The molecule has 0 bridgehead atoms. The van der Waals surface area contributed by atoms with E-state index in [0.717, 1.165) is 6.07 Å². The van der Waals surface area contributed by atoms with Crippen LogP contribution in [-0.2, 0) is 22.4 Å². The molecule has 0 spiro atoms. The summed E-state index contributed by atoms with van der Waals surface area (Å²) in [7, 11) is 3.09. The normalized spacial score (nSPS) is 10.4. The highest BCUT2D eigenvalue weighted by Crippen LogP contribution is 2.32. The van der Waals surface area contributed by atoms with E-state index in [1.807, 2.05) is 0 Å². The number of carbonyl (C=O) groups is 2. The molecule has 2 aromatic heterocycles. The number of ether oxygens (including phenoxy) is 2. The Bertz CT molecular complexity index is 1400. The van der Waals surface area contributed by atoms with Crippen LogP contribution in [0.5, 0.6) is 23.0 Å². The lowest BCUT2D eigenvalue weighted by molar-refractivity contribution is -0.138. The van der Waals surface area contributed by atoms with Crippen molar-refractivity contribution in [3.63, 3.8) is 0 Å². The topological polar surface area (TPSA) is 211 Å². The fraction of sp³-hybridized carbons (Fsp3) is 0.250. The number of phenolic OH excluding ortho intramolecular Hbond substituents is 2. The molecule has 0 aliphatic rings. The summed E-state index contributed by atoms with van der Waals surface area (Å²) >= 11 is 0. The van der Waals surface area contributed by atoms with Gasteiger partial charge in [-0.3, -0.25) is 9.59 Å². The Morgan fingerprint density at radius 3 is 1.84 bits per heavy atom. The molecule has 2 heterocycles. The Balaban J connectivity index is 0.000000212. The minimum Gasteiger partial charge on any atom is -0.508 e. The van der Waals surface area contributed by atoms with Gasteiger partial charge in [-0.05, 0) is 24.3 Å². The maximum Gasteiger partial charge on any atom is 0.303 e. The van der Waals surface area contributed by atoms with Crippen LogP contribution in [0.1, 0.15) is 24.6 Å². The second-order valence-electron chi connectivity index (χ2n) is 7.58. The van der Waals surface area contributed by atoms with Gasteiger partial charge in [-0.15, -0.1) is 0 Å². The van der Waals surface area contributed by atoms with E-state index in [1.54, 1.807) is 25.3 Å². The summed E-state index contributed by atoms with van der Waals surface area (Å²) in [6.07, 6.45) is 0.159. The number of hydrogen-bond acceptors (Lipinski definition) is 12. The Hall–Kier alpha value is -5.14. The number of rotatable bonds is 10. The van der Waals surface area contributed by atoms with Crippen LogP contribution in [0.25, 0.3) is 22.8 Å². The molecule has 4 aromatic rings. The number of methoxy groups -OCH3 is 2. The Labute approximate surface area is 215 Å². The van der Waals surface area contributed by atoms with Gasteiger partial charge in [0.25, 0.3) is 0 Å². The highest BCUT2D eigenvalue weighted by Gasteiger charge is 2.15. The lowest BCUT2D eigenvalue weighted by Gasteiger charge is -2.07. The van der Waals surface area contributed by atoms with Crippen molar-refractivity contribution in [2.45, 2.75) is 25.7 Å². The maximum atomic E-state index is 10.5. The number of nitrogens with zero attached hydrogens (tertiary/aromatic N) is 4. The molecule has 2 aromatic carbocycles. The van der Waals surface area contributed by atoms with Gasteiger partial charge in [-0.2, -0.15) is 9.97 Å². The van der Waals surface area contributed by atoms with Crippen molar-refractivity contribution < 1.29 is 48.5 Å². The monoisotopic (exact) mass is 528 g/mol. The summed E-state index contributed by atoms with van der Waals surface area (Å²) in [5.41, 5.74) is 0.955. The number of benzene rings is 2. The molecule has 0 radical (unpaired) electrons. The fourth-order valence-electron chi connectivity index (χ4n) is 3.05. The predicted molar refractivity (Wildman–Crippen MR) is 128 cm³/mol. The number of carboxylic acid groups (broad SMARTS) is 2. The minimum atomic E-state index is -0.956. The molecule has 0 aliphatic carbocycles. The largest absolute Gasteiger partial charge is 0.508 e. The van der Waals surface area contributed by atoms with Gasteiger partial charge in [0.05, 0.1) is 38.2 Å². The van der Waals surface area contributed by atoms with Gasteiger partial charge in [-0.1, -0.05) is 10.3 Å². The second kappa shape index (κ2) is 12.7. The molecular formula is C24H24N4O10. The number of aromatic nitrogens is 4. The van der Waals surface area contributed by atoms with Gasteiger partial charge in [0.15, 0.2) is 0 Å². The van der Waals surface area contributed by atoms with Crippen molar-refractivity contribution in [3.8, 4) is 45.8 Å². The molecular weight excluding hydrogens is 504 g/mol. The van der Waals surface area contributed by atoms with Crippen LogP contribution in [0.2, 0.25) is 0 Å². The molecule has 0 atom stereocenters. The third kappa shape index (κ3) is 7.43. The molecule has 14 nitrogen and oxygen atoms in total. The highest BCUT2D eigenvalue weighted by molar-refractivity contribution is 5.68. The van der Waals surface area contributed by atoms with E-state index in [0.29, 0.717) is 28.5 Å². The van der Waals surface area contributed by atoms with Gasteiger partial charge < -0.3 is 38.9 Å². The minimum absolute atomic E-state index is 0.0542. The quantitative estimate of drug-likeness (QED) is 0.233. The van der Waals surface area contributed by atoms with Crippen molar-refractivity contribution >= 4 is 11.9 Å². The highest BCUT2D eigenvalue weighted by atomic mass is 16.5. The number of aryl methyl sites for hydroxylation is 2. The zero-order chi connectivity index (χ0) is 27.7. The van der Waals surface area contributed by atoms with Crippen LogP contribution in [0.15, 0.2) is 45.4 Å². The number of carboxylic acids is 2. The summed E-state index contributed by atoms with van der Waals surface area (Å²) in [4.78, 5) is 29.0. The van der Waals surface area contributed by atoms with E-state index < -0.39 is 11.9 Å². The summed E-state index contributed by atoms with van der Waals surface area (Å²) in [5, 5.41) is 43.3. The molecule has 0 unspecified atom stereocenters. The smallest absolute Gasteiger partial charge is 0.303 e. The maximum absolute atomic E-state index is 10.5. The molecule has 200 valence electrons. The average Bonchev–Trinajstić information content (AvgIpc) is 3.56. The van der Waals surface area contributed by atoms with Crippen LogP contribution in [-0.4, -0.2) is 66.9 Å². The zero-order valence-corrected chi connectivity index (χ0v) is 20.3. The SMILES string of the molecule is COc1ccc(-c2noc(CCC(=O)O)n2)c(OC)c1.O=C(O)CCc1nc(-c2ccc(O)cc2O)no1. The molecule has 4 rings (SSSR count). The molecule has 0 saturated heterocycles. The first-order valence-electron chi connectivity index (χ1n) is 11.0. The first-order chi connectivity index (χ1) is 18.2. The van der Waals surface area contributed by atoms with Gasteiger partial charge in [-0.25, -0.2) is 0 Å². The van der Waals surface area contributed by atoms with E-state index in [1.165, 1.54) is 19.2 Å². The van der Waals surface area contributed by atoms with E-state index >= 15 is 0 Å².